The molecule has 0 saturated heterocycles. The van der Waals surface area contributed by atoms with Crippen LogP contribution in [0.4, 0.5) is 5.82 Å². The highest BCUT2D eigenvalue weighted by atomic mass is 32.2. The fourth-order valence-corrected chi connectivity index (χ4v) is 2.30. The molecule has 0 aromatic carbocycles. The Morgan fingerprint density at radius 2 is 2.31 bits per heavy atom. The second-order valence-electron chi connectivity index (χ2n) is 3.75. The van der Waals surface area contributed by atoms with Crippen LogP contribution in [-0.4, -0.2) is 19.9 Å². The van der Waals surface area contributed by atoms with E-state index in [9.17, 15) is 4.21 Å². The summed E-state index contributed by atoms with van der Waals surface area (Å²) in [5.74, 6) is 0.422. The van der Waals surface area contributed by atoms with Gasteiger partial charge in [0, 0.05) is 12.8 Å². The topological polar surface area (TPSA) is 106 Å². The molecule has 0 fully saturated rings. The average Bonchev–Trinajstić information content (AvgIpc) is 2.72. The van der Waals surface area contributed by atoms with Crippen molar-refractivity contribution in [3.63, 3.8) is 0 Å². The third kappa shape index (κ3) is 1.54. The van der Waals surface area contributed by atoms with Crippen molar-refractivity contribution in [2.75, 3.05) is 5.32 Å². The first-order chi connectivity index (χ1) is 7.42. The fourth-order valence-electron chi connectivity index (χ4n) is 1.68. The SMILES string of the molecule is CCC1(CC)Nc2c(S(=N)(N)=O)cnn2O1. The van der Waals surface area contributed by atoms with Crippen molar-refractivity contribution in [2.45, 2.75) is 37.3 Å². The Bertz CT molecular complexity index is 502. The molecule has 0 amide bonds. The van der Waals surface area contributed by atoms with E-state index in [4.69, 9.17) is 14.8 Å². The molecule has 0 bridgehead atoms. The lowest BCUT2D eigenvalue weighted by molar-refractivity contribution is -0.0263. The van der Waals surface area contributed by atoms with Gasteiger partial charge in [0.2, 0.25) is 5.72 Å². The maximum Gasteiger partial charge on any atom is 0.208 e. The van der Waals surface area contributed by atoms with Gasteiger partial charge in [0.05, 0.1) is 6.20 Å². The first-order valence-corrected chi connectivity index (χ1v) is 6.66. The van der Waals surface area contributed by atoms with Gasteiger partial charge in [-0.25, -0.2) is 14.1 Å². The van der Waals surface area contributed by atoms with E-state index >= 15 is 0 Å². The van der Waals surface area contributed by atoms with Crippen LogP contribution in [0, 0.1) is 4.78 Å². The summed E-state index contributed by atoms with van der Waals surface area (Å²) in [7, 11) is -3.28. The minimum Gasteiger partial charge on any atom is -0.366 e. The summed E-state index contributed by atoms with van der Waals surface area (Å²) in [4.78, 5) is 7.03. The van der Waals surface area contributed by atoms with Crippen molar-refractivity contribution >= 4 is 15.7 Å². The maximum atomic E-state index is 11.5. The number of anilines is 1. The standard InChI is InChI=1S/C8H15N5O2S/c1-3-8(4-2)12-7-6(16(9,10)14)5-11-13(7)15-8/h5,12H,3-4H2,1-2H3,(H3,9,10,14). The van der Waals surface area contributed by atoms with E-state index in [2.05, 4.69) is 10.4 Å². The van der Waals surface area contributed by atoms with Gasteiger partial charge in [-0.15, -0.1) is 5.10 Å². The lowest BCUT2D eigenvalue weighted by Crippen LogP contribution is -2.41. The third-order valence-corrected chi connectivity index (χ3v) is 3.73. The summed E-state index contributed by atoms with van der Waals surface area (Å²) in [5.41, 5.74) is -0.539. The molecule has 1 aromatic heterocycles. The molecule has 1 aromatic rings. The maximum absolute atomic E-state index is 11.5. The van der Waals surface area contributed by atoms with Crippen LogP contribution in [0.2, 0.25) is 0 Å². The number of hydrogen-bond acceptors (Lipinski definition) is 5. The van der Waals surface area contributed by atoms with E-state index < -0.39 is 15.6 Å². The number of nitrogens with two attached hydrogens (primary N) is 1. The molecule has 7 nitrogen and oxygen atoms in total. The number of rotatable bonds is 3. The van der Waals surface area contributed by atoms with Crippen molar-refractivity contribution in [1.29, 1.82) is 4.78 Å². The van der Waals surface area contributed by atoms with Crippen LogP contribution in [-0.2, 0) is 9.92 Å². The summed E-state index contributed by atoms with van der Waals surface area (Å²) in [5, 5.41) is 12.3. The third-order valence-electron chi connectivity index (χ3n) is 2.78. The Hall–Kier alpha value is -1.28. The summed E-state index contributed by atoms with van der Waals surface area (Å²) < 4.78 is 18.9. The molecule has 1 aliphatic heterocycles. The van der Waals surface area contributed by atoms with Gasteiger partial charge in [-0.2, -0.15) is 0 Å². The molecule has 16 heavy (non-hydrogen) atoms. The van der Waals surface area contributed by atoms with Crippen molar-refractivity contribution < 1.29 is 9.05 Å². The van der Waals surface area contributed by atoms with Crippen LogP contribution >= 0.6 is 0 Å². The van der Waals surface area contributed by atoms with Gasteiger partial charge in [0.15, 0.2) is 5.82 Å². The van der Waals surface area contributed by atoms with Crippen LogP contribution in [0.3, 0.4) is 0 Å². The number of fused-ring (bicyclic) bond motifs is 1. The van der Waals surface area contributed by atoms with E-state index in [0.717, 1.165) is 12.8 Å². The van der Waals surface area contributed by atoms with Gasteiger partial charge in [0.25, 0.3) is 0 Å². The minimum absolute atomic E-state index is 0.177. The molecular formula is C8H15N5O2S. The Morgan fingerprint density at radius 3 is 2.81 bits per heavy atom. The van der Waals surface area contributed by atoms with Crippen LogP contribution in [0.5, 0.6) is 0 Å². The Kier molecular flexibility index (Phi) is 2.35. The van der Waals surface area contributed by atoms with Crippen LogP contribution in [0.25, 0.3) is 0 Å². The van der Waals surface area contributed by atoms with E-state index in [1.165, 1.54) is 11.0 Å². The van der Waals surface area contributed by atoms with Gasteiger partial charge in [-0.1, -0.05) is 18.7 Å². The molecule has 1 unspecified atom stereocenters. The highest BCUT2D eigenvalue weighted by Gasteiger charge is 2.39. The fraction of sp³-hybridized carbons (Fsp3) is 0.625. The van der Waals surface area contributed by atoms with E-state index in [1.54, 1.807) is 0 Å². The Labute approximate surface area is 94.0 Å². The van der Waals surface area contributed by atoms with Crippen LogP contribution in [0.1, 0.15) is 26.7 Å². The van der Waals surface area contributed by atoms with Gasteiger partial charge in [-0.05, 0) is 0 Å². The molecule has 4 N–H and O–H groups in total. The molecule has 1 atom stereocenters. The van der Waals surface area contributed by atoms with Crippen molar-refractivity contribution in [1.82, 2.24) is 9.94 Å². The predicted molar refractivity (Wildman–Crippen MR) is 59.1 cm³/mol. The summed E-state index contributed by atoms with van der Waals surface area (Å²) >= 11 is 0. The highest BCUT2D eigenvalue weighted by molar-refractivity contribution is 7.90. The van der Waals surface area contributed by atoms with Gasteiger partial charge < -0.3 is 10.2 Å². The molecule has 0 aliphatic carbocycles. The average molecular weight is 245 g/mol. The van der Waals surface area contributed by atoms with Crippen molar-refractivity contribution in [3.8, 4) is 0 Å². The van der Waals surface area contributed by atoms with Crippen molar-refractivity contribution in [3.05, 3.63) is 6.20 Å². The van der Waals surface area contributed by atoms with Gasteiger partial charge >= 0.3 is 0 Å². The van der Waals surface area contributed by atoms with Gasteiger partial charge in [0.1, 0.15) is 14.8 Å². The molecule has 1 aliphatic rings. The van der Waals surface area contributed by atoms with E-state index in [0.29, 0.717) is 5.82 Å². The smallest absolute Gasteiger partial charge is 0.208 e. The monoisotopic (exact) mass is 245 g/mol. The zero-order valence-electron chi connectivity index (χ0n) is 9.19. The Morgan fingerprint density at radius 1 is 1.69 bits per heavy atom. The number of nitrogens with zero attached hydrogens (tertiary/aromatic N) is 2. The zero-order valence-corrected chi connectivity index (χ0v) is 10.0. The predicted octanol–water partition coefficient (Wildman–Crippen LogP) is 0.533. The Balaban J connectivity index is 2.44. The molecule has 0 spiro atoms. The molecule has 2 heterocycles. The summed E-state index contributed by atoms with van der Waals surface area (Å²) in [6.07, 6.45) is 2.76. The normalized spacial score (nSPS) is 20.7. The molecule has 0 radical (unpaired) electrons. The summed E-state index contributed by atoms with van der Waals surface area (Å²) in [6, 6.07) is 0. The number of aromatic nitrogens is 2. The number of hydrogen-bond donors (Lipinski definition) is 3. The lowest BCUT2D eigenvalue weighted by atomic mass is 10.1. The number of nitrogens with one attached hydrogen (secondary N) is 2. The van der Waals surface area contributed by atoms with Gasteiger partial charge in [-0.3, -0.25) is 0 Å². The lowest BCUT2D eigenvalue weighted by Gasteiger charge is -2.24. The second kappa shape index (κ2) is 3.36. The zero-order chi connectivity index (χ0) is 12.0. The van der Waals surface area contributed by atoms with Crippen molar-refractivity contribution in [2.24, 2.45) is 5.14 Å². The largest absolute Gasteiger partial charge is 0.366 e. The molecular weight excluding hydrogens is 230 g/mol. The van der Waals surface area contributed by atoms with E-state index in [1.807, 2.05) is 13.8 Å². The van der Waals surface area contributed by atoms with E-state index in [-0.39, 0.29) is 4.90 Å². The minimum atomic E-state index is -3.28. The highest BCUT2D eigenvalue weighted by Crippen LogP contribution is 2.32. The second-order valence-corrected chi connectivity index (χ2v) is 5.39. The first kappa shape index (κ1) is 11.2. The molecule has 0 saturated carbocycles. The quantitative estimate of drug-likeness (QED) is 0.722. The van der Waals surface area contributed by atoms with Crippen LogP contribution in [0.15, 0.2) is 11.1 Å². The first-order valence-electron chi connectivity index (χ1n) is 5.04. The molecule has 8 heteroatoms. The summed E-state index contributed by atoms with van der Waals surface area (Å²) in [6.45, 7) is 3.95. The molecule has 2 rings (SSSR count). The molecule has 90 valence electrons. The van der Waals surface area contributed by atoms with Crippen LogP contribution < -0.4 is 15.3 Å².